The van der Waals surface area contributed by atoms with E-state index in [0.29, 0.717) is 19.6 Å². The minimum absolute atomic E-state index is 0.564. The average Bonchev–Trinajstić information content (AvgIpc) is 3.10. The summed E-state index contributed by atoms with van der Waals surface area (Å²) in [6, 6.07) is 16.3. The van der Waals surface area contributed by atoms with Crippen LogP contribution < -0.4 is 4.74 Å². The summed E-state index contributed by atoms with van der Waals surface area (Å²) in [5.74, 6) is 0.830. The largest absolute Gasteiger partial charge is 0.497 e. The fraction of sp³-hybridized carbons (Fsp3) is 0.300. The van der Waals surface area contributed by atoms with Gasteiger partial charge >= 0.3 is 7.05 Å². The van der Waals surface area contributed by atoms with Crippen molar-refractivity contribution < 1.29 is 9.76 Å². The van der Waals surface area contributed by atoms with Crippen LogP contribution in [0.4, 0.5) is 0 Å². The molecule has 7 heteroatoms. The second-order valence-electron chi connectivity index (χ2n) is 6.75. The molecule has 0 fully saturated rings. The van der Waals surface area contributed by atoms with Gasteiger partial charge in [-0.3, -0.25) is 0 Å². The van der Waals surface area contributed by atoms with Gasteiger partial charge in [0.1, 0.15) is 5.75 Å². The van der Waals surface area contributed by atoms with E-state index in [4.69, 9.17) is 4.74 Å². The minimum atomic E-state index is -0.573. The molecule has 3 aromatic rings. The summed E-state index contributed by atoms with van der Waals surface area (Å²) in [6.07, 6.45) is 1.76. The third-order valence-electron chi connectivity index (χ3n) is 4.59. The van der Waals surface area contributed by atoms with Gasteiger partial charge in [-0.1, -0.05) is 47.2 Å². The maximum atomic E-state index is 10.2. The van der Waals surface area contributed by atoms with Crippen molar-refractivity contribution in [3.05, 3.63) is 77.1 Å². The highest BCUT2D eigenvalue weighted by atomic mass is 16.5. The molecule has 0 amide bonds. The molecule has 0 aliphatic heterocycles. The zero-order valence-corrected chi connectivity index (χ0v) is 16.0. The standard InChI is InChI=1S/C20H25BN4O2/c1-16-4-6-17(7-5-16)13-24(21(2)26)15-19-12-22-23-25(19)14-18-8-10-20(27-3)11-9-18/h4-12,26H,13-15H2,1-3H3. The number of hydrogen-bond donors (Lipinski definition) is 1. The highest BCUT2D eigenvalue weighted by Crippen LogP contribution is 2.15. The molecule has 0 atom stereocenters. The Balaban J connectivity index is 1.71. The van der Waals surface area contributed by atoms with Crippen LogP contribution in [0.5, 0.6) is 5.75 Å². The molecule has 1 aromatic heterocycles. The lowest BCUT2D eigenvalue weighted by atomic mass is 9.84. The van der Waals surface area contributed by atoms with E-state index in [1.807, 2.05) is 33.8 Å². The van der Waals surface area contributed by atoms with Crippen LogP contribution in [-0.2, 0) is 19.6 Å². The normalized spacial score (nSPS) is 11.0. The molecule has 0 radical (unpaired) electrons. The monoisotopic (exact) mass is 364 g/mol. The van der Waals surface area contributed by atoms with E-state index in [0.717, 1.165) is 22.6 Å². The number of aryl methyl sites for hydroxylation is 1. The van der Waals surface area contributed by atoms with Crippen LogP contribution >= 0.6 is 0 Å². The summed E-state index contributed by atoms with van der Waals surface area (Å²) < 4.78 is 7.07. The number of hydrogen-bond acceptors (Lipinski definition) is 5. The van der Waals surface area contributed by atoms with Gasteiger partial charge in [0.15, 0.2) is 0 Å². The van der Waals surface area contributed by atoms with Crippen LogP contribution in [0.15, 0.2) is 54.7 Å². The predicted molar refractivity (Wildman–Crippen MR) is 106 cm³/mol. The first kappa shape index (κ1) is 19.1. The number of nitrogens with zero attached hydrogens (tertiary/aromatic N) is 4. The van der Waals surface area contributed by atoms with E-state index < -0.39 is 7.05 Å². The molecular formula is C20H25BN4O2. The van der Waals surface area contributed by atoms with Gasteiger partial charge in [-0.2, -0.15) is 0 Å². The van der Waals surface area contributed by atoms with E-state index >= 15 is 0 Å². The quantitative estimate of drug-likeness (QED) is 0.623. The molecule has 140 valence electrons. The van der Waals surface area contributed by atoms with Crippen LogP contribution in [0.2, 0.25) is 6.82 Å². The molecule has 2 aromatic carbocycles. The molecule has 27 heavy (non-hydrogen) atoms. The first-order valence-electron chi connectivity index (χ1n) is 9.03. The molecule has 0 bridgehead atoms. The third kappa shape index (κ3) is 5.18. The molecule has 6 nitrogen and oxygen atoms in total. The fourth-order valence-electron chi connectivity index (χ4n) is 2.89. The highest BCUT2D eigenvalue weighted by molar-refractivity contribution is 6.45. The van der Waals surface area contributed by atoms with Gasteiger partial charge in [0.05, 0.1) is 25.5 Å². The summed E-state index contributed by atoms with van der Waals surface area (Å²) in [5.41, 5.74) is 4.46. The Morgan fingerprint density at radius 3 is 2.33 bits per heavy atom. The summed E-state index contributed by atoms with van der Waals surface area (Å²) >= 11 is 0. The smallest absolute Gasteiger partial charge is 0.377 e. The van der Waals surface area contributed by atoms with Crippen molar-refractivity contribution in [3.63, 3.8) is 0 Å². The van der Waals surface area contributed by atoms with Gasteiger partial charge in [0.2, 0.25) is 0 Å². The summed E-state index contributed by atoms with van der Waals surface area (Å²) in [4.78, 5) is 1.99. The SMILES string of the molecule is COc1ccc(Cn2nncc2CN(Cc2ccc(C)cc2)B(C)O)cc1. The van der Waals surface area contributed by atoms with Crippen molar-refractivity contribution in [2.24, 2.45) is 0 Å². The molecule has 0 unspecified atom stereocenters. The number of ether oxygens (including phenoxy) is 1. The first-order valence-corrected chi connectivity index (χ1v) is 9.03. The lowest BCUT2D eigenvalue weighted by Crippen LogP contribution is -2.36. The summed E-state index contributed by atoms with van der Waals surface area (Å²) in [7, 11) is 1.08. The van der Waals surface area contributed by atoms with E-state index in [9.17, 15) is 5.02 Å². The molecular weight excluding hydrogens is 339 g/mol. The van der Waals surface area contributed by atoms with Gasteiger partial charge in [-0.15, -0.1) is 5.10 Å². The first-order chi connectivity index (χ1) is 13.0. The number of methoxy groups -OCH3 is 1. The molecule has 0 saturated heterocycles. The van der Waals surface area contributed by atoms with Crippen molar-refractivity contribution in [2.45, 2.75) is 33.4 Å². The van der Waals surface area contributed by atoms with Gasteiger partial charge in [-0.05, 0) is 37.0 Å². The summed E-state index contributed by atoms with van der Waals surface area (Å²) in [6.45, 7) is 5.70. The topological polar surface area (TPSA) is 63.4 Å². The highest BCUT2D eigenvalue weighted by Gasteiger charge is 2.19. The van der Waals surface area contributed by atoms with Gasteiger partial charge < -0.3 is 14.6 Å². The number of rotatable bonds is 8. The second kappa shape index (κ2) is 8.84. The van der Waals surface area contributed by atoms with Crippen molar-refractivity contribution in [3.8, 4) is 5.75 Å². The van der Waals surface area contributed by atoms with Crippen LogP contribution in [0.25, 0.3) is 0 Å². The van der Waals surface area contributed by atoms with Gasteiger partial charge in [-0.25, -0.2) is 4.68 Å². The Kier molecular flexibility index (Phi) is 6.26. The van der Waals surface area contributed by atoms with Crippen molar-refractivity contribution in [1.82, 2.24) is 19.8 Å². The average molecular weight is 364 g/mol. The Hall–Kier alpha value is -2.64. The van der Waals surface area contributed by atoms with Crippen LogP contribution in [-0.4, -0.2) is 39.0 Å². The number of aromatic nitrogens is 3. The molecule has 0 saturated carbocycles. The van der Waals surface area contributed by atoms with Crippen LogP contribution in [0.1, 0.15) is 22.4 Å². The molecule has 0 aliphatic carbocycles. The zero-order chi connectivity index (χ0) is 19.2. The van der Waals surface area contributed by atoms with E-state index in [2.05, 4.69) is 41.5 Å². The number of benzene rings is 2. The van der Waals surface area contributed by atoms with E-state index in [1.165, 1.54) is 5.56 Å². The summed E-state index contributed by atoms with van der Waals surface area (Å²) in [5, 5.41) is 18.5. The van der Waals surface area contributed by atoms with E-state index in [1.54, 1.807) is 20.1 Å². The fourth-order valence-corrected chi connectivity index (χ4v) is 2.89. The third-order valence-corrected chi connectivity index (χ3v) is 4.59. The maximum Gasteiger partial charge on any atom is 0.377 e. The van der Waals surface area contributed by atoms with Crippen LogP contribution in [0.3, 0.4) is 0 Å². The van der Waals surface area contributed by atoms with Gasteiger partial charge in [0.25, 0.3) is 0 Å². The zero-order valence-electron chi connectivity index (χ0n) is 16.0. The molecule has 0 aliphatic rings. The Morgan fingerprint density at radius 2 is 1.70 bits per heavy atom. The van der Waals surface area contributed by atoms with Crippen molar-refractivity contribution in [2.75, 3.05) is 7.11 Å². The Morgan fingerprint density at radius 1 is 1.04 bits per heavy atom. The Labute approximate surface area is 160 Å². The minimum Gasteiger partial charge on any atom is -0.497 e. The van der Waals surface area contributed by atoms with E-state index in [-0.39, 0.29) is 0 Å². The lowest BCUT2D eigenvalue weighted by Gasteiger charge is -2.23. The molecule has 3 rings (SSSR count). The molecule has 1 heterocycles. The lowest BCUT2D eigenvalue weighted by molar-refractivity contribution is 0.343. The van der Waals surface area contributed by atoms with Crippen molar-refractivity contribution >= 4 is 7.05 Å². The second-order valence-corrected chi connectivity index (χ2v) is 6.75. The van der Waals surface area contributed by atoms with Gasteiger partial charge in [0, 0.05) is 13.1 Å². The predicted octanol–water partition coefficient (Wildman–Crippen LogP) is 2.76. The molecule has 1 N–H and O–H groups in total. The van der Waals surface area contributed by atoms with Crippen molar-refractivity contribution in [1.29, 1.82) is 0 Å². The Bertz CT molecular complexity index is 847. The maximum absolute atomic E-state index is 10.2. The molecule has 0 spiro atoms. The van der Waals surface area contributed by atoms with Crippen LogP contribution in [0, 0.1) is 6.92 Å².